The van der Waals surface area contributed by atoms with Crippen LogP contribution >= 0.6 is 11.6 Å². The Balaban J connectivity index is 2.08. The van der Waals surface area contributed by atoms with Crippen molar-refractivity contribution in [3.63, 3.8) is 0 Å². The minimum absolute atomic E-state index is 0.00841. The standard InChI is InChI=1S/C19H19ClN8O/c1-2-3-6-29-13-5-4-10(7-12(13)20)16-14-15(23)11(8-21)17(24)27-18(14)28-19(26-16)25-9-22/h4-5,7,16H,2-3,6H2,1H3,(H6,23,24,25,26,27,28). The van der Waals surface area contributed by atoms with E-state index in [2.05, 4.69) is 27.5 Å². The van der Waals surface area contributed by atoms with Crippen LogP contribution in [0, 0.1) is 22.8 Å². The van der Waals surface area contributed by atoms with E-state index in [1.54, 1.807) is 12.1 Å². The van der Waals surface area contributed by atoms with Crippen molar-refractivity contribution < 1.29 is 4.74 Å². The van der Waals surface area contributed by atoms with Gasteiger partial charge < -0.3 is 21.5 Å². The number of anilines is 3. The van der Waals surface area contributed by atoms with Gasteiger partial charge in [-0.2, -0.15) is 10.5 Å². The van der Waals surface area contributed by atoms with Crippen molar-refractivity contribution in [2.45, 2.75) is 25.8 Å². The molecule has 0 bridgehead atoms. The number of rotatable bonds is 5. The Labute approximate surface area is 172 Å². The maximum Gasteiger partial charge on any atom is 0.211 e. The van der Waals surface area contributed by atoms with Gasteiger partial charge in [0.1, 0.15) is 35.1 Å². The summed E-state index contributed by atoms with van der Waals surface area (Å²) in [6.45, 7) is 2.65. The highest BCUT2D eigenvalue weighted by atomic mass is 35.5. The lowest BCUT2D eigenvalue weighted by Crippen LogP contribution is -2.32. The van der Waals surface area contributed by atoms with Crippen LogP contribution in [0.1, 0.15) is 42.5 Å². The first-order valence-corrected chi connectivity index (χ1v) is 9.29. The number of hydrogen-bond donors (Lipinski definition) is 4. The summed E-state index contributed by atoms with van der Waals surface area (Å²) in [7, 11) is 0. The SMILES string of the molecule is CCCCOc1ccc(C2N=C(NC#N)Nc3nc(N)c(C#N)c(N)c32)cc1Cl. The van der Waals surface area contributed by atoms with Gasteiger partial charge in [-0.05, 0) is 24.1 Å². The van der Waals surface area contributed by atoms with E-state index < -0.39 is 6.04 Å². The van der Waals surface area contributed by atoms with Crippen LogP contribution in [0.3, 0.4) is 0 Å². The average Bonchev–Trinajstić information content (AvgIpc) is 2.69. The molecule has 29 heavy (non-hydrogen) atoms. The number of halogens is 1. The summed E-state index contributed by atoms with van der Waals surface area (Å²) in [6.07, 6.45) is 3.75. The summed E-state index contributed by atoms with van der Waals surface area (Å²) < 4.78 is 5.69. The van der Waals surface area contributed by atoms with Crippen molar-refractivity contribution in [2.24, 2.45) is 4.99 Å². The van der Waals surface area contributed by atoms with E-state index in [1.807, 2.05) is 18.3 Å². The highest BCUT2D eigenvalue weighted by Gasteiger charge is 2.30. The Morgan fingerprint density at radius 1 is 1.34 bits per heavy atom. The molecular weight excluding hydrogens is 392 g/mol. The number of hydrogen-bond acceptors (Lipinski definition) is 9. The topological polar surface area (TPSA) is 158 Å². The summed E-state index contributed by atoms with van der Waals surface area (Å²) in [5.74, 6) is 1.06. The molecule has 9 nitrogen and oxygen atoms in total. The lowest BCUT2D eigenvalue weighted by Gasteiger charge is -2.26. The van der Waals surface area contributed by atoms with E-state index in [-0.39, 0.29) is 23.0 Å². The van der Waals surface area contributed by atoms with Gasteiger partial charge in [0, 0.05) is 5.56 Å². The van der Waals surface area contributed by atoms with Crippen molar-refractivity contribution >= 4 is 34.9 Å². The van der Waals surface area contributed by atoms with Crippen molar-refractivity contribution in [3.8, 4) is 18.0 Å². The lowest BCUT2D eigenvalue weighted by atomic mass is 9.95. The first kappa shape index (κ1) is 20.1. The van der Waals surface area contributed by atoms with Crippen molar-refractivity contribution in [1.29, 1.82) is 10.5 Å². The molecule has 0 saturated carbocycles. The smallest absolute Gasteiger partial charge is 0.211 e. The Morgan fingerprint density at radius 2 is 2.14 bits per heavy atom. The van der Waals surface area contributed by atoms with E-state index >= 15 is 0 Å². The van der Waals surface area contributed by atoms with E-state index in [0.29, 0.717) is 34.3 Å². The molecule has 1 unspecified atom stereocenters. The Bertz CT molecular complexity index is 1050. The van der Waals surface area contributed by atoms with Gasteiger partial charge in [-0.25, -0.2) is 9.98 Å². The molecule has 1 aromatic heterocycles. The number of nitrogens with one attached hydrogen (secondary N) is 2. The number of ether oxygens (including phenoxy) is 1. The maximum absolute atomic E-state index is 9.38. The normalized spacial score (nSPS) is 14.6. The summed E-state index contributed by atoms with van der Waals surface area (Å²) >= 11 is 6.40. The summed E-state index contributed by atoms with van der Waals surface area (Å²) in [5, 5.41) is 24.1. The van der Waals surface area contributed by atoms with Gasteiger partial charge in [0.05, 0.1) is 17.3 Å². The van der Waals surface area contributed by atoms with E-state index in [1.165, 1.54) is 0 Å². The molecule has 1 aromatic carbocycles. The first-order chi connectivity index (χ1) is 14.0. The molecule has 0 amide bonds. The third kappa shape index (κ3) is 3.96. The van der Waals surface area contributed by atoms with E-state index in [4.69, 9.17) is 33.1 Å². The lowest BCUT2D eigenvalue weighted by molar-refractivity contribution is 0.309. The average molecular weight is 411 g/mol. The third-order valence-electron chi connectivity index (χ3n) is 4.38. The largest absolute Gasteiger partial charge is 0.492 e. The minimum atomic E-state index is -0.649. The molecule has 1 aliphatic rings. The minimum Gasteiger partial charge on any atom is -0.492 e. The van der Waals surface area contributed by atoms with Gasteiger partial charge in [0.25, 0.3) is 0 Å². The second-order valence-corrected chi connectivity index (χ2v) is 6.70. The van der Waals surface area contributed by atoms with Crippen LogP contribution in [0.5, 0.6) is 5.75 Å². The third-order valence-corrected chi connectivity index (χ3v) is 4.68. The van der Waals surface area contributed by atoms with Crippen LogP contribution in [0.4, 0.5) is 17.3 Å². The Morgan fingerprint density at radius 3 is 2.79 bits per heavy atom. The zero-order valence-corrected chi connectivity index (χ0v) is 16.4. The summed E-state index contributed by atoms with van der Waals surface area (Å²) in [5.41, 5.74) is 13.5. The number of fused-ring (bicyclic) bond motifs is 1. The Hall–Kier alpha value is -3.69. The van der Waals surface area contributed by atoms with Gasteiger partial charge in [-0.15, -0.1) is 0 Å². The molecule has 0 fully saturated rings. The predicted octanol–water partition coefficient (Wildman–Crippen LogP) is 2.89. The predicted molar refractivity (Wildman–Crippen MR) is 111 cm³/mol. The monoisotopic (exact) mass is 410 g/mol. The molecule has 1 atom stereocenters. The van der Waals surface area contributed by atoms with Crippen LogP contribution in [0.2, 0.25) is 5.02 Å². The maximum atomic E-state index is 9.38. The number of unbranched alkanes of at least 4 members (excludes halogenated alkanes) is 1. The van der Waals surface area contributed by atoms with Gasteiger partial charge in [-0.3, -0.25) is 5.32 Å². The van der Waals surface area contributed by atoms with Crippen LogP contribution in [-0.4, -0.2) is 17.6 Å². The Kier molecular flexibility index (Phi) is 5.91. The molecule has 148 valence electrons. The van der Waals surface area contributed by atoms with Crippen molar-refractivity contribution in [2.75, 3.05) is 23.4 Å². The molecular formula is C19H19ClN8O. The van der Waals surface area contributed by atoms with Crippen LogP contribution < -0.4 is 26.8 Å². The summed E-state index contributed by atoms with van der Waals surface area (Å²) in [4.78, 5) is 8.72. The zero-order chi connectivity index (χ0) is 21.0. The molecule has 0 radical (unpaired) electrons. The first-order valence-electron chi connectivity index (χ1n) is 8.91. The molecule has 3 rings (SSSR count). The number of guanidine groups is 1. The van der Waals surface area contributed by atoms with Gasteiger partial charge in [-0.1, -0.05) is 31.0 Å². The highest BCUT2D eigenvalue weighted by molar-refractivity contribution is 6.32. The molecule has 1 aliphatic heterocycles. The van der Waals surface area contributed by atoms with Crippen LogP contribution in [0.25, 0.3) is 0 Å². The van der Waals surface area contributed by atoms with Gasteiger partial charge >= 0.3 is 0 Å². The number of aromatic nitrogens is 1. The number of benzene rings is 1. The second kappa shape index (κ2) is 8.55. The fourth-order valence-corrected chi connectivity index (χ4v) is 3.20. The number of pyridine rings is 1. The molecule has 2 aromatic rings. The van der Waals surface area contributed by atoms with E-state index in [0.717, 1.165) is 12.8 Å². The van der Waals surface area contributed by atoms with Crippen molar-refractivity contribution in [1.82, 2.24) is 10.3 Å². The molecule has 0 aliphatic carbocycles. The quantitative estimate of drug-likeness (QED) is 0.332. The molecule has 2 heterocycles. The number of nitrogens with two attached hydrogens (primary N) is 2. The zero-order valence-electron chi connectivity index (χ0n) is 15.7. The van der Waals surface area contributed by atoms with E-state index in [9.17, 15) is 5.26 Å². The number of nitrogens with zero attached hydrogens (tertiary/aromatic N) is 4. The second-order valence-electron chi connectivity index (χ2n) is 6.29. The number of nitrogen functional groups attached to an aromatic ring is 2. The van der Waals surface area contributed by atoms with Crippen LogP contribution in [-0.2, 0) is 0 Å². The summed E-state index contributed by atoms with van der Waals surface area (Å²) in [6, 6.07) is 6.61. The molecule has 6 N–H and O–H groups in total. The number of nitriles is 2. The molecule has 0 spiro atoms. The molecule has 0 saturated heterocycles. The number of aliphatic imine (C=N–C) groups is 1. The fourth-order valence-electron chi connectivity index (χ4n) is 2.95. The fraction of sp³-hybridized carbons (Fsp3) is 0.263. The molecule has 10 heteroatoms. The van der Waals surface area contributed by atoms with Gasteiger partial charge in [0.2, 0.25) is 5.96 Å². The van der Waals surface area contributed by atoms with Crippen LogP contribution in [0.15, 0.2) is 23.2 Å². The van der Waals surface area contributed by atoms with Crippen molar-refractivity contribution in [3.05, 3.63) is 39.9 Å². The van der Waals surface area contributed by atoms with Gasteiger partial charge in [0.15, 0.2) is 6.19 Å². The highest BCUT2D eigenvalue weighted by Crippen LogP contribution is 2.41.